The van der Waals surface area contributed by atoms with Gasteiger partial charge in [0.15, 0.2) is 11.9 Å². The third kappa shape index (κ3) is 6.16. The molecule has 0 bridgehead atoms. The Morgan fingerprint density at radius 3 is 2.38 bits per heavy atom. The van der Waals surface area contributed by atoms with E-state index >= 15 is 0 Å². The Hall–Kier alpha value is -4.59. The zero-order chi connectivity index (χ0) is 26.4. The van der Waals surface area contributed by atoms with Crippen LogP contribution in [-0.2, 0) is 11.2 Å². The number of benzene rings is 3. The average molecular weight is 502 g/mol. The fourth-order valence-electron chi connectivity index (χ4n) is 3.64. The van der Waals surface area contributed by atoms with Crippen LogP contribution in [-0.4, -0.2) is 41.7 Å². The van der Waals surface area contributed by atoms with Crippen LogP contribution in [0.5, 0.6) is 17.2 Å². The highest BCUT2D eigenvalue weighted by atomic mass is 16.5. The Balaban J connectivity index is 1.41. The van der Waals surface area contributed by atoms with Gasteiger partial charge in [-0.2, -0.15) is 0 Å². The number of ether oxygens (including phenoxy) is 3. The summed E-state index contributed by atoms with van der Waals surface area (Å²) in [6.07, 6.45) is -0.566. The van der Waals surface area contributed by atoms with Crippen molar-refractivity contribution in [2.75, 3.05) is 13.7 Å². The first-order valence-corrected chi connectivity index (χ1v) is 11.7. The van der Waals surface area contributed by atoms with E-state index in [0.717, 1.165) is 17.0 Å². The second-order valence-electron chi connectivity index (χ2n) is 8.30. The zero-order valence-electron chi connectivity index (χ0n) is 20.8. The third-order valence-corrected chi connectivity index (χ3v) is 5.72. The van der Waals surface area contributed by atoms with E-state index in [1.54, 1.807) is 36.4 Å². The fourth-order valence-corrected chi connectivity index (χ4v) is 3.64. The number of oxazole rings is 1. The van der Waals surface area contributed by atoms with Crippen LogP contribution >= 0.6 is 0 Å². The number of aromatic nitrogens is 1. The number of hydrogen-bond donors (Lipinski definition) is 1. The van der Waals surface area contributed by atoms with Crippen molar-refractivity contribution in [1.82, 2.24) is 4.98 Å². The molecule has 0 spiro atoms. The number of rotatable bonds is 11. The van der Waals surface area contributed by atoms with Crippen molar-refractivity contribution < 1.29 is 33.3 Å². The lowest BCUT2D eigenvalue weighted by molar-refractivity contribution is -0.144. The summed E-state index contributed by atoms with van der Waals surface area (Å²) >= 11 is 0. The highest BCUT2D eigenvalue weighted by Gasteiger charge is 2.20. The van der Waals surface area contributed by atoms with E-state index in [9.17, 15) is 14.7 Å². The van der Waals surface area contributed by atoms with E-state index in [1.807, 2.05) is 37.3 Å². The number of aryl methyl sites for hydroxylation is 1. The Kier molecular flexibility index (Phi) is 7.88. The number of carboxylic acids is 1. The maximum Gasteiger partial charge on any atom is 0.344 e. The van der Waals surface area contributed by atoms with Gasteiger partial charge in [0.1, 0.15) is 23.0 Å². The van der Waals surface area contributed by atoms with Crippen molar-refractivity contribution in [3.05, 3.63) is 95.4 Å². The molecular weight excluding hydrogens is 474 g/mol. The zero-order valence-corrected chi connectivity index (χ0v) is 20.8. The molecule has 8 nitrogen and oxygen atoms in total. The Bertz CT molecular complexity index is 1380. The molecule has 0 saturated heterocycles. The maximum atomic E-state index is 13.2. The lowest BCUT2D eigenvalue weighted by atomic mass is 10.0. The van der Waals surface area contributed by atoms with Gasteiger partial charge in [0, 0.05) is 23.6 Å². The van der Waals surface area contributed by atoms with E-state index in [-0.39, 0.29) is 17.1 Å². The molecule has 1 N–H and O–H groups in total. The lowest BCUT2D eigenvalue weighted by Crippen LogP contribution is -2.24. The van der Waals surface area contributed by atoms with Crippen molar-refractivity contribution in [2.45, 2.75) is 26.4 Å². The number of ketones is 1. The van der Waals surface area contributed by atoms with Gasteiger partial charge in [-0.3, -0.25) is 4.79 Å². The molecular formula is C29H27NO7. The molecule has 0 unspecified atom stereocenters. The van der Waals surface area contributed by atoms with Gasteiger partial charge in [-0.25, -0.2) is 9.78 Å². The predicted octanol–water partition coefficient (Wildman–Crippen LogP) is 5.36. The van der Waals surface area contributed by atoms with Gasteiger partial charge in [0.2, 0.25) is 5.89 Å². The van der Waals surface area contributed by atoms with Crippen molar-refractivity contribution in [3.8, 4) is 28.7 Å². The van der Waals surface area contributed by atoms with Crippen molar-refractivity contribution in [1.29, 1.82) is 0 Å². The van der Waals surface area contributed by atoms with Gasteiger partial charge in [-0.05, 0) is 62.4 Å². The summed E-state index contributed by atoms with van der Waals surface area (Å²) < 4.78 is 22.3. The molecule has 37 heavy (non-hydrogen) atoms. The first-order chi connectivity index (χ1) is 17.9. The molecule has 1 heterocycles. The van der Waals surface area contributed by atoms with Gasteiger partial charge < -0.3 is 23.7 Å². The molecule has 0 aliphatic carbocycles. The average Bonchev–Trinajstić information content (AvgIpc) is 3.29. The van der Waals surface area contributed by atoms with Gasteiger partial charge in [-0.15, -0.1) is 0 Å². The van der Waals surface area contributed by atoms with Crippen LogP contribution in [0.2, 0.25) is 0 Å². The highest BCUT2D eigenvalue weighted by molar-refractivity contribution is 6.10. The smallest absolute Gasteiger partial charge is 0.344 e. The van der Waals surface area contributed by atoms with Gasteiger partial charge in [-0.1, -0.05) is 18.2 Å². The van der Waals surface area contributed by atoms with Crippen LogP contribution in [0.4, 0.5) is 0 Å². The summed E-state index contributed by atoms with van der Waals surface area (Å²) in [7, 11) is 1.48. The molecule has 0 saturated carbocycles. The summed E-state index contributed by atoms with van der Waals surface area (Å²) in [4.78, 5) is 29.0. The number of carboxylic acid groups (broad SMARTS) is 1. The van der Waals surface area contributed by atoms with Crippen LogP contribution in [0.1, 0.15) is 34.3 Å². The molecule has 0 radical (unpaired) electrons. The molecule has 190 valence electrons. The minimum absolute atomic E-state index is 0.137. The molecule has 4 rings (SSSR count). The topological polar surface area (TPSA) is 108 Å². The van der Waals surface area contributed by atoms with Crippen molar-refractivity contribution in [2.24, 2.45) is 0 Å². The third-order valence-electron chi connectivity index (χ3n) is 5.72. The van der Waals surface area contributed by atoms with Gasteiger partial charge in [0.25, 0.3) is 0 Å². The molecule has 0 aliphatic heterocycles. The lowest BCUT2D eigenvalue weighted by Gasteiger charge is -2.15. The first kappa shape index (κ1) is 25.5. The summed E-state index contributed by atoms with van der Waals surface area (Å²) in [5.41, 5.74) is 2.39. The Morgan fingerprint density at radius 1 is 1.00 bits per heavy atom. The van der Waals surface area contributed by atoms with E-state index in [2.05, 4.69) is 4.98 Å². The number of hydrogen-bond acceptors (Lipinski definition) is 7. The quantitative estimate of drug-likeness (QED) is 0.274. The number of aliphatic carboxylic acids is 1. The molecule has 1 atom stereocenters. The minimum Gasteiger partial charge on any atom is -0.497 e. The van der Waals surface area contributed by atoms with Crippen LogP contribution in [0.15, 0.2) is 77.2 Å². The number of nitrogens with zero attached hydrogens (tertiary/aromatic N) is 1. The molecule has 0 fully saturated rings. The van der Waals surface area contributed by atoms with E-state index < -0.39 is 12.1 Å². The van der Waals surface area contributed by atoms with Crippen molar-refractivity contribution in [3.63, 3.8) is 0 Å². The summed E-state index contributed by atoms with van der Waals surface area (Å²) in [5.74, 6) is 1.07. The molecule has 8 heteroatoms. The minimum atomic E-state index is -1.14. The highest BCUT2D eigenvalue weighted by Crippen LogP contribution is 2.29. The second-order valence-corrected chi connectivity index (χ2v) is 8.30. The number of carbonyl (C=O) groups excluding carboxylic acids is 1. The standard InChI is InChI=1S/C29H27NO7/c1-18-25(30-28(37-18)21-7-5-4-6-8-21)15-16-35-22-11-9-20(10-12-22)27(31)24-14-13-23(34-3)17-26(24)36-19(2)29(32)33/h4-14,17,19H,15-16H2,1-3H3,(H,32,33)/t19-/m1/s1. The fraction of sp³-hybridized carbons (Fsp3) is 0.207. The normalized spacial score (nSPS) is 11.5. The van der Waals surface area contributed by atoms with E-state index in [0.29, 0.717) is 36.0 Å². The molecule has 0 amide bonds. The summed E-state index contributed by atoms with van der Waals surface area (Å²) in [6, 6.07) is 21.1. The van der Waals surface area contributed by atoms with Crippen molar-refractivity contribution >= 4 is 11.8 Å². The largest absolute Gasteiger partial charge is 0.497 e. The summed E-state index contributed by atoms with van der Waals surface area (Å²) in [5, 5.41) is 9.19. The monoisotopic (exact) mass is 501 g/mol. The first-order valence-electron chi connectivity index (χ1n) is 11.7. The van der Waals surface area contributed by atoms with Crippen LogP contribution in [0.3, 0.4) is 0 Å². The van der Waals surface area contributed by atoms with E-state index in [4.69, 9.17) is 18.6 Å². The van der Waals surface area contributed by atoms with Gasteiger partial charge >= 0.3 is 5.97 Å². The van der Waals surface area contributed by atoms with Crippen LogP contribution < -0.4 is 14.2 Å². The molecule has 0 aliphatic rings. The Morgan fingerprint density at radius 2 is 1.70 bits per heavy atom. The van der Waals surface area contributed by atoms with Gasteiger partial charge in [0.05, 0.1) is 25.0 Å². The van der Waals surface area contributed by atoms with E-state index in [1.165, 1.54) is 20.1 Å². The van der Waals surface area contributed by atoms with Crippen LogP contribution in [0, 0.1) is 6.92 Å². The molecule has 1 aromatic heterocycles. The maximum absolute atomic E-state index is 13.2. The number of carbonyl (C=O) groups is 2. The summed E-state index contributed by atoms with van der Waals surface area (Å²) in [6.45, 7) is 3.66. The SMILES string of the molecule is COc1ccc(C(=O)c2ccc(OCCc3nc(-c4ccccc4)oc3C)cc2)c(O[C@H](C)C(=O)O)c1. The molecule has 4 aromatic rings. The van der Waals surface area contributed by atoms with Crippen LogP contribution in [0.25, 0.3) is 11.5 Å². The molecule has 3 aromatic carbocycles. The Labute approximate surface area is 214 Å². The second kappa shape index (κ2) is 11.4. The predicted molar refractivity (Wildman–Crippen MR) is 136 cm³/mol. The number of methoxy groups -OCH3 is 1.